The molecule has 0 saturated heterocycles. The van der Waals surface area contributed by atoms with Crippen LogP contribution in [0.15, 0.2) is 6.07 Å². The fourth-order valence-corrected chi connectivity index (χ4v) is 1.81. The molecule has 0 spiro atoms. The number of rotatable bonds is 8. The molecule has 102 valence electrons. The first-order chi connectivity index (χ1) is 8.71. The van der Waals surface area contributed by atoms with Crippen molar-refractivity contribution in [3.63, 3.8) is 0 Å². The van der Waals surface area contributed by atoms with Crippen LogP contribution in [0.5, 0.6) is 0 Å². The molecule has 0 fully saturated rings. The highest BCUT2D eigenvalue weighted by Crippen LogP contribution is 2.17. The summed E-state index contributed by atoms with van der Waals surface area (Å²) >= 11 is 5.97. The Balaban J connectivity index is 2.87. The van der Waals surface area contributed by atoms with Gasteiger partial charge in [-0.05, 0) is 6.42 Å². The van der Waals surface area contributed by atoms with Crippen LogP contribution in [0.2, 0.25) is 5.15 Å². The van der Waals surface area contributed by atoms with Gasteiger partial charge in [0.25, 0.3) is 0 Å². The Kier molecular flexibility index (Phi) is 6.93. The second-order valence-electron chi connectivity index (χ2n) is 3.96. The largest absolute Gasteiger partial charge is 0.395 e. The van der Waals surface area contributed by atoms with Crippen LogP contribution in [-0.4, -0.2) is 41.9 Å². The summed E-state index contributed by atoms with van der Waals surface area (Å²) in [6, 6.07) is 1.71. The maximum Gasteiger partial charge on any atom is 0.158 e. The first kappa shape index (κ1) is 15.1. The number of halogens is 1. The molecule has 1 N–H and O–H groups in total. The average Bonchev–Trinajstić information content (AvgIpc) is 2.34. The van der Waals surface area contributed by atoms with E-state index in [4.69, 9.17) is 21.4 Å². The molecule has 0 amide bonds. The number of hydrogen-bond donors (Lipinski definition) is 1. The Bertz CT molecular complexity index is 363. The summed E-state index contributed by atoms with van der Waals surface area (Å²) in [5.41, 5.74) is 0. The smallest absolute Gasteiger partial charge is 0.158 e. The summed E-state index contributed by atoms with van der Waals surface area (Å²) in [6.45, 7) is 3.93. The van der Waals surface area contributed by atoms with Gasteiger partial charge in [-0.3, -0.25) is 0 Å². The van der Waals surface area contributed by atoms with Gasteiger partial charge in [0.1, 0.15) is 17.6 Å². The molecule has 0 aliphatic heterocycles. The van der Waals surface area contributed by atoms with Gasteiger partial charge >= 0.3 is 0 Å². The molecule has 0 aliphatic rings. The van der Waals surface area contributed by atoms with E-state index < -0.39 is 0 Å². The van der Waals surface area contributed by atoms with Crippen LogP contribution in [0.4, 0.5) is 5.82 Å². The van der Waals surface area contributed by atoms with Crippen LogP contribution >= 0.6 is 11.6 Å². The predicted molar refractivity (Wildman–Crippen MR) is 72.0 cm³/mol. The normalized spacial score (nSPS) is 10.7. The number of hydrogen-bond acceptors (Lipinski definition) is 5. The number of aliphatic hydroxyl groups excluding tert-OH is 1. The minimum absolute atomic E-state index is 0.0882. The zero-order valence-corrected chi connectivity index (χ0v) is 11.7. The Hall–Kier alpha value is -0.910. The van der Waals surface area contributed by atoms with E-state index in [9.17, 15) is 0 Å². The van der Waals surface area contributed by atoms with Crippen molar-refractivity contribution in [3.05, 3.63) is 17.0 Å². The summed E-state index contributed by atoms with van der Waals surface area (Å²) in [6.07, 6.45) is 2.13. The van der Waals surface area contributed by atoms with E-state index >= 15 is 0 Å². The van der Waals surface area contributed by atoms with Gasteiger partial charge in [-0.25, -0.2) is 9.97 Å². The van der Waals surface area contributed by atoms with Gasteiger partial charge in [0.2, 0.25) is 0 Å². The topological polar surface area (TPSA) is 58.5 Å². The number of ether oxygens (including phenoxy) is 1. The quantitative estimate of drug-likeness (QED) is 0.733. The molecule has 0 atom stereocenters. The molecular weight excluding hydrogens is 254 g/mol. The number of nitrogens with zero attached hydrogens (tertiary/aromatic N) is 3. The molecule has 18 heavy (non-hydrogen) atoms. The van der Waals surface area contributed by atoms with Crippen LogP contribution in [0.25, 0.3) is 0 Å². The highest BCUT2D eigenvalue weighted by molar-refractivity contribution is 6.29. The second kappa shape index (κ2) is 8.24. The average molecular weight is 274 g/mol. The van der Waals surface area contributed by atoms with Crippen LogP contribution in [-0.2, 0) is 11.3 Å². The van der Waals surface area contributed by atoms with Gasteiger partial charge in [0.15, 0.2) is 5.82 Å². The highest BCUT2D eigenvalue weighted by atomic mass is 35.5. The molecule has 1 heterocycles. The van der Waals surface area contributed by atoms with Crippen molar-refractivity contribution in [1.82, 2.24) is 9.97 Å². The predicted octanol–water partition coefficient (Wildman–Crippen LogP) is 1.88. The maximum atomic E-state index is 9.10. The highest BCUT2D eigenvalue weighted by Gasteiger charge is 2.10. The number of anilines is 1. The second-order valence-corrected chi connectivity index (χ2v) is 4.35. The zero-order valence-electron chi connectivity index (χ0n) is 10.9. The van der Waals surface area contributed by atoms with Crippen molar-refractivity contribution in [2.45, 2.75) is 26.4 Å². The third-order valence-corrected chi connectivity index (χ3v) is 2.67. The van der Waals surface area contributed by atoms with Crippen molar-refractivity contribution >= 4 is 17.4 Å². The van der Waals surface area contributed by atoms with Gasteiger partial charge in [-0.2, -0.15) is 0 Å². The van der Waals surface area contributed by atoms with Crippen LogP contribution in [0, 0.1) is 0 Å². The van der Waals surface area contributed by atoms with Gasteiger partial charge in [0.05, 0.1) is 6.61 Å². The van der Waals surface area contributed by atoms with E-state index in [0.717, 1.165) is 25.2 Å². The standard InChI is InChI=1S/C12H20ClN3O2/c1-3-4-5-16(6-7-17)12-8-10(13)14-11(15-12)9-18-2/h8,17H,3-7,9H2,1-2H3. The first-order valence-corrected chi connectivity index (χ1v) is 6.47. The fraction of sp³-hybridized carbons (Fsp3) is 0.667. The molecule has 6 heteroatoms. The fourth-order valence-electron chi connectivity index (χ4n) is 1.62. The molecule has 0 radical (unpaired) electrons. The number of methoxy groups -OCH3 is 1. The summed E-state index contributed by atoms with van der Waals surface area (Å²) in [7, 11) is 1.59. The van der Waals surface area contributed by atoms with Crippen LogP contribution < -0.4 is 4.90 Å². The summed E-state index contributed by atoms with van der Waals surface area (Å²) in [5, 5.41) is 9.49. The lowest BCUT2D eigenvalue weighted by Gasteiger charge is -2.23. The first-order valence-electron chi connectivity index (χ1n) is 6.09. The molecule has 5 nitrogen and oxygen atoms in total. The summed E-state index contributed by atoms with van der Waals surface area (Å²) < 4.78 is 5.01. The lowest BCUT2D eigenvalue weighted by atomic mass is 10.3. The Morgan fingerprint density at radius 1 is 1.39 bits per heavy atom. The van der Waals surface area contributed by atoms with Crippen molar-refractivity contribution in [2.24, 2.45) is 0 Å². The lowest BCUT2D eigenvalue weighted by molar-refractivity contribution is 0.178. The molecule has 0 aliphatic carbocycles. The van der Waals surface area contributed by atoms with Gasteiger partial charge in [-0.1, -0.05) is 24.9 Å². The van der Waals surface area contributed by atoms with Crippen molar-refractivity contribution in [3.8, 4) is 0 Å². The molecule has 0 bridgehead atoms. The maximum absolute atomic E-state index is 9.10. The molecule has 0 saturated carbocycles. The monoisotopic (exact) mass is 273 g/mol. The van der Waals surface area contributed by atoms with Gasteiger partial charge in [0, 0.05) is 26.3 Å². The SMILES string of the molecule is CCCCN(CCO)c1cc(Cl)nc(COC)n1. The number of aliphatic hydroxyl groups is 1. The zero-order chi connectivity index (χ0) is 13.4. The minimum Gasteiger partial charge on any atom is -0.395 e. The van der Waals surface area contributed by atoms with E-state index in [1.54, 1.807) is 13.2 Å². The summed E-state index contributed by atoms with van der Waals surface area (Å²) in [5.74, 6) is 1.30. The lowest BCUT2D eigenvalue weighted by Crippen LogP contribution is -2.29. The molecule has 1 aromatic rings. The van der Waals surface area contributed by atoms with Gasteiger partial charge in [-0.15, -0.1) is 0 Å². The van der Waals surface area contributed by atoms with Crippen LogP contribution in [0.1, 0.15) is 25.6 Å². The minimum atomic E-state index is 0.0882. The molecule has 1 rings (SSSR count). The van der Waals surface area contributed by atoms with E-state index in [0.29, 0.717) is 24.1 Å². The van der Waals surface area contributed by atoms with Crippen molar-refractivity contribution in [1.29, 1.82) is 0 Å². The van der Waals surface area contributed by atoms with E-state index in [2.05, 4.69) is 16.9 Å². The third-order valence-electron chi connectivity index (χ3n) is 2.48. The number of unbranched alkanes of at least 4 members (excludes halogenated alkanes) is 1. The third kappa shape index (κ3) is 4.76. The van der Waals surface area contributed by atoms with Gasteiger partial charge < -0.3 is 14.7 Å². The Morgan fingerprint density at radius 3 is 2.78 bits per heavy atom. The number of aromatic nitrogens is 2. The Morgan fingerprint density at radius 2 is 2.17 bits per heavy atom. The molecule has 0 unspecified atom stereocenters. The van der Waals surface area contributed by atoms with Crippen molar-refractivity contribution < 1.29 is 9.84 Å². The van der Waals surface area contributed by atoms with E-state index in [1.807, 2.05) is 4.90 Å². The van der Waals surface area contributed by atoms with E-state index in [1.165, 1.54) is 0 Å². The van der Waals surface area contributed by atoms with Crippen molar-refractivity contribution in [2.75, 3.05) is 31.7 Å². The van der Waals surface area contributed by atoms with E-state index in [-0.39, 0.29) is 6.61 Å². The molecular formula is C12H20ClN3O2. The Labute approximate surface area is 113 Å². The summed E-state index contributed by atoms with van der Waals surface area (Å²) in [4.78, 5) is 10.5. The molecule has 0 aromatic carbocycles. The molecule has 1 aromatic heterocycles. The van der Waals surface area contributed by atoms with Crippen LogP contribution in [0.3, 0.4) is 0 Å².